The summed E-state index contributed by atoms with van der Waals surface area (Å²) in [6.45, 7) is 2.19. The molecule has 1 aromatic heterocycles. The van der Waals surface area contributed by atoms with E-state index in [2.05, 4.69) is 0 Å². The molecule has 2 aromatic rings. The summed E-state index contributed by atoms with van der Waals surface area (Å²) >= 11 is 0. The van der Waals surface area contributed by atoms with E-state index in [4.69, 9.17) is 5.73 Å². The van der Waals surface area contributed by atoms with Crippen LogP contribution in [0.5, 0.6) is 0 Å². The number of carbonyl (C=O) groups excluding carboxylic acids is 1. The number of hydrogen-bond acceptors (Lipinski definition) is 1. The van der Waals surface area contributed by atoms with Crippen molar-refractivity contribution in [2.45, 2.75) is 19.6 Å². The van der Waals surface area contributed by atoms with Crippen LogP contribution in [0.2, 0.25) is 0 Å². The Morgan fingerprint density at radius 2 is 1.85 bits per heavy atom. The quantitative estimate of drug-likeness (QED) is 0.924. The second kappa shape index (κ2) is 5.03. The second-order valence-electron chi connectivity index (χ2n) is 4.56. The molecule has 106 valence electrons. The van der Waals surface area contributed by atoms with Crippen LogP contribution in [-0.2, 0) is 12.7 Å². The van der Waals surface area contributed by atoms with E-state index in [0.29, 0.717) is 17.7 Å². The number of aromatic nitrogens is 1. The number of nitrogens with zero attached hydrogens (tertiary/aromatic N) is 1. The molecule has 0 radical (unpaired) electrons. The molecular formula is C14H13F3N2O. The van der Waals surface area contributed by atoms with Crippen molar-refractivity contribution in [3.63, 3.8) is 0 Å². The molecule has 0 saturated heterocycles. The van der Waals surface area contributed by atoms with Crippen molar-refractivity contribution in [2.24, 2.45) is 5.73 Å². The number of hydrogen-bond donors (Lipinski definition) is 1. The number of nitrogens with two attached hydrogens (primary N) is 1. The molecule has 0 bridgehead atoms. The Kier molecular flexibility index (Phi) is 3.57. The van der Waals surface area contributed by atoms with Crippen molar-refractivity contribution in [3.8, 4) is 0 Å². The van der Waals surface area contributed by atoms with Crippen molar-refractivity contribution in [3.05, 3.63) is 58.9 Å². The van der Waals surface area contributed by atoms with Gasteiger partial charge in [-0.2, -0.15) is 13.2 Å². The van der Waals surface area contributed by atoms with Crippen LogP contribution in [-0.4, -0.2) is 10.5 Å². The van der Waals surface area contributed by atoms with Crippen molar-refractivity contribution < 1.29 is 18.0 Å². The van der Waals surface area contributed by atoms with Crippen LogP contribution >= 0.6 is 0 Å². The monoisotopic (exact) mass is 282 g/mol. The van der Waals surface area contributed by atoms with E-state index in [1.165, 1.54) is 12.1 Å². The zero-order valence-corrected chi connectivity index (χ0v) is 10.7. The minimum atomic E-state index is -4.33. The molecule has 0 saturated carbocycles. The molecule has 0 fully saturated rings. The first-order valence-electron chi connectivity index (χ1n) is 5.90. The van der Waals surface area contributed by atoms with E-state index in [0.717, 1.165) is 17.8 Å². The third-order valence-corrected chi connectivity index (χ3v) is 3.03. The maximum atomic E-state index is 12.4. The SMILES string of the molecule is Cc1cc(C(N)=O)cn1Cc1ccc(C(F)(F)F)cc1. The zero-order chi connectivity index (χ0) is 14.9. The van der Waals surface area contributed by atoms with Gasteiger partial charge in [0.25, 0.3) is 0 Å². The molecule has 0 aliphatic carbocycles. The van der Waals surface area contributed by atoms with E-state index in [-0.39, 0.29) is 0 Å². The van der Waals surface area contributed by atoms with Crippen molar-refractivity contribution in [1.82, 2.24) is 4.57 Å². The van der Waals surface area contributed by atoms with E-state index in [1.54, 1.807) is 23.8 Å². The van der Waals surface area contributed by atoms with Gasteiger partial charge in [-0.05, 0) is 30.7 Å². The predicted octanol–water partition coefficient (Wildman–Crippen LogP) is 2.96. The Bertz CT molecular complexity index is 627. The molecule has 0 spiro atoms. The van der Waals surface area contributed by atoms with Gasteiger partial charge in [-0.15, -0.1) is 0 Å². The summed E-state index contributed by atoms with van der Waals surface area (Å²) < 4.78 is 39.1. The van der Waals surface area contributed by atoms with E-state index in [1.807, 2.05) is 0 Å². The smallest absolute Gasteiger partial charge is 0.366 e. The van der Waals surface area contributed by atoms with Crippen LogP contribution in [0.25, 0.3) is 0 Å². The van der Waals surface area contributed by atoms with Crippen LogP contribution in [0.3, 0.4) is 0 Å². The van der Waals surface area contributed by atoms with E-state index >= 15 is 0 Å². The second-order valence-corrected chi connectivity index (χ2v) is 4.56. The Morgan fingerprint density at radius 1 is 1.25 bits per heavy atom. The molecule has 0 unspecified atom stereocenters. The van der Waals surface area contributed by atoms with Crippen LogP contribution in [0, 0.1) is 6.92 Å². The molecule has 0 aliphatic heterocycles. The minimum absolute atomic E-state index is 0.384. The first-order valence-corrected chi connectivity index (χ1v) is 5.90. The van der Waals surface area contributed by atoms with Gasteiger partial charge in [0.1, 0.15) is 0 Å². The molecule has 2 rings (SSSR count). The number of rotatable bonds is 3. The van der Waals surface area contributed by atoms with Crippen molar-refractivity contribution in [2.75, 3.05) is 0 Å². The third kappa shape index (κ3) is 3.01. The Balaban J connectivity index is 2.20. The number of halogens is 3. The summed E-state index contributed by atoms with van der Waals surface area (Å²) in [4.78, 5) is 11.1. The summed E-state index contributed by atoms with van der Waals surface area (Å²) in [6.07, 6.45) is -2.74. The molecule has 1 aromatic carbocycles. The Labute approximate surface area is 113 Å². The molecular weight excluding hydrogens is 269 g/mol. The fourth-order valence-electron chi connectivity index (χ4n) is 1.92. The first kappa shape index (κ1) is 14.2. The molecule has 6 heteroatoms. The molecule has 0 aliphatic rings. The molecule has 0 atom stereocenters. The zero-order valence-electron chi connectivity index (χ0n) is 10.7. The molecule has 2 N–H and O–H groups in total. The van der Waals surface area contributed by atoms with Gasteiger partial charge in [-0.1, -0.05) is 12.1 Å². The van der Waals surface area contributed by atoms with Crippen LogP contribution in [0.4, 0.5) is 13.2 Å². The van der Waals surface area contributed by atoms with Gasteiger partial charge in [0.05, 0.1) is 11.1 Å². The summed E-state index contributed by atoms with van der Waals surface area (Å²) in [5.41, 5.74) is 6.42. The molecule has 3 nitrogen and oxygen atoms in total. The van der Waals surface area contributed by atoms with E-state index < -0.39 is 17.6 Å². The molecule has 1 heterocycles. The maximum absolute atomic E-state index is 12.4. The topological polar surface area (TPSA) is 48.0 Å². The van der Waals surface area contributed by atoms with Crippen LogP contribution in [0.1, 0.15) is 27.2 Å². The number of benzene rings is 1. The third-order valence-electron chi connectivity index (χ3n) is 3.03. The summed E-state index contributed by atoms with van der Waals surface area (Å²) in [7, 11) is 0. The maximum Gasteiger partial charge on any atom is 0.416 e. The number of alkyl halides is 3. The summed E-state index contributed by atoms with van der Waals surface area (Å²) in [6, 6.07) is 6.58. The van der Waals surface area contributed by atoms with Crippen LogP contribution < -0.4 is 5.73 Å². The summed E-state index contributed by atoms with van der Waals surface area (Å²) in [5, 5.41) is 0. The van der Waals surface area contributed by atoms with Crippen LogP contribution in [0.15, 0.2) is 36.5 Å². The Morgan fingerprint density at radius 3 is 2.30 bits per heavy atom. The lowest BCUT2D eigenvalue weighted by atomic mass is 10.1. The number of aryl methyl sites for hydroxylation is 1. The predicted molar refractivity (Wildman–Crippen MR) is 68.2 cm³/mol. The fraction of sp³-hybridized carbons (Fsp3) is 0.214. The lowest BCUT2D eigenvalue weighted by Gasteiger charge is -2.09. The summed E-state index contributed by atoms with van der Waals surface area (Å²) in [5.74, 6) is -0.528. The highest BCUT2D eigenvalue weighted by atomic mass is 19.4. The van der Waals surface area contributed by atoms with E-state index in [9.17, 15) is 18.0 Å². The van der Waals surface area contributed by atoms with Gasteiger partial charge < -0.3 is 10.3 Å². The van der Waals surface area contributed by atoms with Gasteiger partial charge >= 0.3 is 6.18 Å². The lowest BCUT2D eigenvalue weighted by Crippen LogP contribution is -2.09. The highest BCUT2D eigenvalue weighted by Gasteiger charge is 2.29. The van der Waals surface area contributed by atoms with Crippen molar-refractivity contribution in [1.29, 1.82) is 0 Å². The lowest BCUT2D eigenvalue weighted by molar-refractivity contribution is -0.137. The number of amides is 1. The normalized spacial score (nSPS) is 11.6. The van der Waals surface area contributed by atoms with Gasteiger partial charge in [0.15, 0.2) is 0 Å². The molecule has 1 amide bonds. The first-order chi connectivity index (χ1) is 9.27. The van der Waals surface area contributed by atoms with Gasteiger partial charge in [-0.25, -0.2) is 0 Å². The van der Waals surface area contributed by atoms with Gasteiger partial charge in [-0.3, -0.25) is 4.79 Å². The number of primary amides is 1. The minimum Gasteiger partial charge on any atom is -0.366 e. The largest absolute Gasteiger partial charge is 0.416 e. The number of carbonyl (C=O) groups is 1. The van der Waals surface area contributed by atoms with Gasteiger partial charge in [0, 0.05) is 18.4 Å². The molecule has 20 heavy (non-hydrogen) atoms. The Hall–Kier alpha value is -2.24. The standard InChI is InChI=1S/C14H13F3N2O/c1-9-6-11(13(18)20)8-19(9)7-10-2-4-12(5-3-10)14(15,16)17/h2-6,8H,7H2,1H3,(H2,18,20). The average Bonchev–Trinajstić information content (AvgIpc) is 2.71. The highest BCUT2D eigenvalue weighted by Crippen LogP contribution is 2.29. The highest BCUT2D eigenvalue weighted by molar-refractivity contribution is 5.92. The fourth-order valence-corrected chi connectivity index (χ4v) is 1.92. The van der Waals surface area contributed by atoms with Crippen molar-refractivity contribution >= 4 is 5.91 Å². The van der Waals surface area contributed by atoms with Gasteiger partial charge in [0.2, 0.25) is 5.91 Å². The average molecular weight is 282 g/mol.